The van der Waals surface area contributed by atoms with Gasteiger partial charge in [-0.3, -0.25) is 9.78 Å². The molecule has 1 spiro atoms. The summed E-state index contributed by atoms with van der Waals surface area (Å²) in [6, 6.07) is 14.4. The van der Waals surface area contributed by atoms with Gasteiger partial charge in [0.25, 0.3) is 5.91 Å². The summed E-state index contributed by atoms with van der Waals surface area (Å²) < 4.78 is 5.51. The van der Waals surface area contributed by atoms with E-state index in [9.17, 15) is 9.59 Å². The maximum absolute atomic E-state index is 12.4. The van der Waals surface area contributed by atoms with Crippen LogP contribution in [0.25, 0.3) is 22.5 Å². The Morgan fingerprint density at radius 2 is 1.73 bits per heavy atom. The van der Waals surface area contributed by atoms with Gasteiger partial charge in [0.1, 0.15) is 5.60 Å². The van der Waals surface area contributed by atoms with Gasteiger partial charge in [0.05, 0.1) is 11.3 Å². The predicted molar refractivity (Wildman–Crippen MR) is 143 cm³/mol. The summed E-state index contributed by atoms with van der Waals surface area (Å²) in [6.07, 6.45) is 3.81. The number of pyridine rings is 1. The number of carbonyl (C=O) groups excluding carboxylic acids is 2. The van der Waals surface area contributed by atoms with Crippen molar-refractivity contribution in [2.24, 2.45) is 0 Å². The molecule has 8 nitrogen and oxygen atoms in total. The normalized spacial score (nSPS) is 18.4. The molecule has 1 aromatic carbocycles. The number of ether oxygens (including phenoxy) is 1. The van der Waals surface area contributed by atoms with Crippen molar-refractivity contribution in [3.8, 4) is 22.5 Å². The number of aromatic amines is 1. The van der Waals surface area contributed by atoms with Gasteiger partial charge in [-0.15, -0.1) is 0 Å². The van der Waals surface area contributed by atoms with E-state index in [1.165, 1.54) is 0 Å². The Morgan fingerprint density at radius 1 is 1.00 bits per heavy atom. The highest BCUT2D eigenvalue weighted by Gasteiger charge is 2.50. The van der Waals surface area contributed by atoms with Crippen LogP contribution in [0.15, 0.2) is 48.7 Å². The number of benzene rings is 1. The molecule has 0 bridgehead atoms. The van der Waals surface area contributed by atoms with Crippen LogP contribution in [0, 0.1) is 0 Å². The highest BCUT2D eigenvalue weighted by molar-refractivity contribution is 5.99. The Bertz CT molecular complexity index is 1340. The van der Waals surface area contributed by atoms with Crippen LogP contribution in [0.1, 0.15) is 49.7 Å². The number of aromatic nitrogens is 2. The number of amides is 2. The lowest BCUT2D eigenvalue weighted by molar-refractivity contribution is 0.0240. The van der Waals surface area contributed by atoms with Gasteiger partial charge < -0.3 is 24.8 Å². The summed E-state index contributed by atoms with van der Waals surface area (Å²) in [5.41, 5.74) is 6.50. The van der Waals surface area contributed by atoms with Crippen molar-refractivity contribution >= 4 is 17.7 Å². The molecule has 1 aliphatic carbocycles. The fraction of sp³-hybridized carbons (Fsp3) is 0.414. The number of hydrogen-bond donors (Lipinski definition) is 2. The molecular formula is C29H33N5O3. The molecular weight excluding hydrogens is 466 g/mol. The van der Waals surface area contributed by atoms with Crippen LogP contribution in [-0.2, 0) is 10.2 Å². The third kappa shape index (κ3) is 4.56. The van der Waals surface area contributed by atoms with Gasteiger partial charge in [-0.05, 0) is 63.9 Å². The zero-order chi connectivity index (χ0) is 25.8. The molecule has 2 amide bonds. The van der Waals surface area contributed by atoms with Crippen LogP contribution in [0.2, 0.25) is 0 Å². The van der Waals surface area contributed by atoms with Crippen molar-refractivity contribution in [1.29, 1.82) is 0 Å². The smallest absolute Gasteiger partial charge is 0.410 e. The summed E-state index contributed by atoms with van der Waals surface area (Å²) in [4.78, 5) is 37.0. The van der Waals surface area contributed by atoms with E-state index in [4.69, 9.17) is 4.74 Å². The van der Waals surface area contributed by atoms with Crippen molar-refractivity contribution < 1.29 is 14.3 Å². The molecule has 8 heteroatoms. The Morgan fingerprint density at radius 3 is 2.41 bits per heavy atom. The van der Waals surface area contributed by atoms with E-state index in [2.05, 4.69) is 50.5 Å². The molecule has 0 atom stereocenters. The van der Waals surface area contributed by atoms with E-state index in [0.29, 0.717) is 13.1 Å². The summed E-state index contributed by atoms with van der Waals surface area (Å²) in [7, 11) is 0. The van der Waals surface area contributed by atoms with Gasteiger partial charge in [-0.25, -0.2) is 4.79 Å². The number of nitrogens with one attached hydrogen (secondary N) is 2. The fourth-order valence-electron chi connectivity index (χ4n) is 5.29. The Labute approximate surface area is 217 Å². The lowest BCUT2D eigenvalue weighted by atomic mass is 9.95. The first-order chi connectivity index (χ1) is 17.7. The van der Waals surface area contributed by atoms with Crippen LogP contribution in [0.5, 0.6) is 0 Å². The molecule has 2 N–H and O–H groups in total. The minimum atomic E-state index is -0.482. The molecule has 2 aromatic heterocycles. The summed E-state index contributed by atoms with van der Waals surface area (Å²) >= 11 is 0. The zero-order valence-corrected chi connectivity index (χ0v) is 21.6. The van der Waals surface area contributed by atoms with Gasteiger partial charge in [0.2, 0.25) is 0 Å². The Balaban J connectivity index is 1.15. The van der Waals surface area contributed by atoms with Crippen LogP contribution in [-0.4, -0.2) is 65.2 Å². The molecule has 1 saturated carbocycles. The first-order valence-corrected chi connectivity index (χ1v) is 13.0. The molecule has 2 aliphatic heterocycles. The van der Waals surface area contributed by atoms with Crippen molar-refractivity contribution in [3.05, 3.63) is 59.9 Å². The summed E-state index contributed by atoms with van der Waals surface area (Å²) in [6.45, 7) is 9.20. The summed E-state index contributed by atoms with van der Waals surface area (Å²) in [5, 5.41) is 3.04. The van der Waals surface area contributed by atoms with Gasteiger partial charge in [0.15, 0.2) is 0 Å². The van der Waals surface area contributed by atoms with E-state index >= 15 is 0 Å². The molecule has 0 radical (unpaired) electrons. The largest absolute Gasteiger partial charge is 0.444 e. The van der Waals surface area contributed by atoms with E-state index in [0.717, 1.165) is 71.9 Å². The molecule has 0 unspecified atom stereocenters. The SMILES string of the molecule is CC(C)(C)OC(=O)N1CCN(c2ccc(-c3cc(-c4cc5c([nH]4)C4(CC4)CNC5=O)ccn3)cc2)CC1. The maximum atomic E-state index is 12.4. The average Bonchev–Trinajstić information content (AvgIpc) is 3.52. The Kier molecular flexibility index (Phi) is 5.51. The summed E-state index contributed by atoms with van der Waals surface area (Å²) in [5.74, 6) is 0.00632. The van der Waals surface area contributed by atoms with E-state index in [-0.39, 0.29) is 17.4 Å². The van der Waals surface area contributed by atoms with Gasteiger partial charge in [0, 0.05) is 72.5 Å². The number of H-pyrrole nitrogens is 1. The minimum absolute atomic E-state index is 0.00632. The number of carbonyl (C=O) groups is 2. The van der Waals surface area contributed by atoms with Crippen molar-refractivity contribution in [3.63, 3.8) is 0 Å². The van der Waals surface area contributed by atoms with E-state index in [1.54, 1.807) is 4.90 Å². The highest BCUT2D eigenvalue weighted by atomic mass is 16.6. The van der Waals surface area contributed by atoms with Crippen molar-refractivity contribution in [2.45, 2.75) is 44.6 Å². The number of anilines is 1. The highest BCUT2D eigenvalue weighted by Crippen LogP contribution is 2.50. The number of rotatable bonds is 3. The standard InChI is InChI=1S/C29H33N5O3/c1-28(2,3)37-27(36)34-14-12-33(13-15-34)21-6-4-19(5-7-21)23-16-20(8-11-30-23)24-17-22-25(32-24)29(9-10-29)18-31-26(22)35/h4-8,11,16-17,32H,9-10,12-15,18H2,1-3H3,(H,31,35). The topological polar surface area (TPSA) is 90.6 Å². The first kappa shape index (κ1) is 23.6. The number of hydrogen-bond acceptors (Lipinski definition) is 5. The van der Waals surface area contributed by atoms with Crippen molar-refractivity contribution in [1.82, 2.24) is 20.2 Å². The number of nitrogens with zero attached hydrogens (tertiary/aromatic N) is 3. The van der Waals surface area contributed by atoms with Crippen LogP contribution in [0.3, 0.4) is 0 Å². The number of fused-ring (bicyclic) bond motifs is 2. The first-order valence-electron chi connectivity index (χ1n) is 13.0. The maximum Gasteiger partial charge on any atom is 0.410 e. The van der Waals surface area contributed by atoms with Crippen molar-refractivity contribution in [2.75, 3.05) is 37.6 Å². The van der Waals surface area contributed by atoms with Crippen LogP contribution in [0.4, 0.5) is 10.5 Å². The molecule has 3 aromatic rings. The molecule has 3 aliphatic rings. The second kappa shape index (κ2) is 8.64. The molecule has 6 rings (SSSR count). The lowest BCUT2D eigenvalue weighted by Gasteiger charge is -2.36. The quantitative estimate of drug-likeness (QED) is 0.551. The molecule has 1 saturated heterocycles. The van der Waals surface area contributed by atoms with Gasteiger partial charge in [-0.1, -0.05) is 12.1 Å². The Hall–Kier alpha value is -3.81. The van der Waals surface area contributed by atoms with Crippen LogP contribution >= 0.6 is 0 Å². The number of piperazine rings is 1. The van der Waals surface area contributed by atoms with E-state index < -0.39 is 5.60 Å². The zero-order valence-electron chi connectivity index (χ0n) is 21.6. The molecule has 37 heavy (non-hydrogen) atoms. The lowest BCUT2D eigenvalue weighted by Crippen LogP contribution is -2.50. The second-order valence-electron chi connectivity index (χ2n) is 11.4. The van der Waals surface area contributed by atoms with Gasteiger partial charge >= 0.3 is 6.09 Å². The molecule has 2 fully saturated rings. The molecule has 192 valence electrons. The third-order valence-corrected chi connectivity index (χ3v) is 7.56. The monoisotopic (exact) mass is 499 g/mol. The second-order valence-corrected chi connectivity index (χ2v) is 11.4. The van der Waals surface area contributed by atoms with E-state index in [1.807, 2.05) is 39.1 Å². The van der Waals surface area contributed by atoms with Gasteiger partial charge in [-0.2, -0.15) is 0 Å². The molecule has 4 heterocycles. The predicted octanol–water partition coefficient (Wildman–Crippen LogP) is 4.58. The fourth-order valence-corrected chi connectivity index (χ4v) is 5.29. The van der Waals surface area contributed by atoms with Crippen LogP contribution < -0.4 is 10.2 Å². The minimum Gasteiger partial charge on any atom is -0.444 e. The average molecular weight is 500 g/mol. The third-order valence-electron chi connectivity index (χ3n) is 7.56.